The third-order valence-corrected chi connectivity index (χ3v) is 2.65. The van der Waals surface area contributed by atoms with E-state index in [1.807, 2.05) is 6.92 Å². The van der Waals surface area contributed by atoms with Gasteiger partial charge in [0.2, 0.25) is 17.7 Å². The van der Waals surface area contributed by atoms with Crippen LogP contribution in [0.2, 0.25) is 0 Å². The van der Waals surface area contributed by atoms with Crippen LogP contribution in [0.4, 0.5) is 17.5 Å². The molecule has 0 saturated carbocycles. The van der Waals surface area contributed by atoms with Crippen molar-refractivity contribution in [3.63, 3.8) is 0 Å². The number of nitro groups is 1. The minimum absolute atomic E-state index is 0.138. The minimum atomic E-state index is -0.506. The molecule has 0 bridgehead atoms. The van der Waals surface area contributed by atoms with E-state index in [0.717, 1.165) is 0 Å². The number of rotatable bonds is 6. The summed E-state index contributed by atoms with van der Waals surface area (Å²) < 4.78 is 5.31. The van der Waals surface area contributed by atoms with Crippen LogP contribution < -0.4 is 10.6 Å². The van der Waals surface area contributed by atoms with Gasteiger partial charge >= 0.3 is 5.69 Å². The molecule has 0 spiro atoms. The van der Waals surface area contributed by atoms with Crippen LogP contribution in [0.1, 0.15) is 24.3 Å². The maximum atomic E-state index is 11.2. The van der Waals surface area contributed by atoms with Gasteiger partial charge in [-0.05, 0) is 20.8 Å². The Hall–Kier alpha value is -2.71. The molecular formula is C12H16N6O3. The van der Waals surface area contributed by atoms with Crippen molar-refractivity contribution in [3.8, 4) is 0 Å². The lowest BCUT2D eigenvalue weighted by molar-refractivity contribution is -0.385. The molecule has 0 aliphatic carbocycles. The molecule has 2 rings (SSSR count). The summed E-state index contributed by atoms with van der Waals surface area (Å²) in [5.41, 5.74) is 0.136. The van der Waals surface area contributed by atoms with Gasteiger partial charge in [-0.2, -0.15) is 4.98 Å². The first kappa shape index (κ1) is 14.7. The molecule has 0 radical (unpaired) electrons. The number of hydrogen-bond acceptors (Lipinski definition) is 8. The van der Waals surface area contributed by atoms with Crippen LogP contribution in [0, 0.1) is 24.0 Å². The maximum absolute atomic E-state index is 11.2. The van der Waals surface area contributed by atoms with Crippen LogP contribution in [0.15, 0.2) is 10.6 Å². The Morgan fingerprint density at radius 2 is 2.10 bits per heavy atom. The molecular weight excluding hydrogens is 276 g/mol. The highest BCUT2D eigenvalue weighted by Gasteiger charge is 2.22. The predicted octanol–water partition coefficient (Wildman–Crippen LogP) is 2.03. The molecule has 21 heavy (non-hydrogen) atoms. The minimum Gasteiger partial charge on any atom is -0.444 e. The standard InChI is InChI=1S/C12H16N6O3/c1-4-13-12-16-8(3)10(18(19)20)11(17-12)15-6-9-14-5-7(2)21-9/h5H,4,6H2,1-3H3,(H2,13,15,16,17). The first-order chi connectivity index (χ1) is 10.0. The molecule has 0 fully saturated rings. The van der Waals surface area contributed by atoms with E-state index in [9.17, 15) is 10.1 Å². The Morgan fingerprint density at radius 1 is 1.33 bits per heavy atom. The van der Waals surface area contributed by atoms with Gasteiger partial charge in [0.25, 0.3) is 0 Å². The monoisotopic (exact) mass is 292 g/mol. The average Bonchev–Trinajstić information content (AvgIpc) is 2.81. The van der Waals surface area contributed by atoms with Crippen molar-refractivity contribution in [2.24, 2.45) is 0 Å². The molecule has 0 unspecified atom stereocenters. The molecule has 2 aromatic rings. The quantitative estimate of drug-likeness (QED) is 0.613. The van der Waals surface area contributed by atoms with Crippen molar-refractivity contribution < 1.29 is 9.34 Å². The fourth-order valence-electron chi connectivity index (χ4n) is 1.79. The second kappa shape index (κ2) is 6.16. The Balaban J connectivity index is 2.28. The second-order valence-corrected chi connectivity index (χ2v) is 4.34. The lowest BCUT2D eigenvalue weighted by Gasteiger charge is -2.09. The molecule has 0 saturated heterocycles. The highest BCUT2D eigenvalue weighted by molar-refractivity contribution is 5.60. The van der Waals surface area contributed by atoms with Crippen LogP contribution in [-0.2, 0) is 6.54 Å². The SMILES string of the molecule is CCNc1nc(C)c([N+](=O)[O-])c(NCc2ncc(C)o2)n1. The van der Waals surface area contributed by atoms with E-state index in [-0.39, 0.29) is 23.7 Å². The molecule has 0 amide bonds. The van der Waals surface area contributed by atoms with Gasteiger partial charge in [0.1, 0.15) is 11.5 Å². The summed E-state index contributed by atoms with van der Waals surface area (Å²) >= 11 is 0. The van der Waals surface area contributed by atoms with Crippen LogP contribution in [0.5, 0.6) is 0 Å². The number of aryl methyl sites for hydroxylation is 2. The number of oxazole rings is 1. The van der Waals surface area contributed by atoms with Gasteiger partial charge in [-0.1, -0.05) is 0 Å². The predicted molar refractivity (Wildman–Crippen MR) is 76.2 cm³/mol. The fraction of sp³-hybridized carbons (Fsp3) is 0.417. The van der Waals surface area contributed by atoms with Gasteiger partial charge in [-0.25, -0.2) is 9.97 Å². The van der Waals surface area contributed by atoms with Crippen molar-refractivity contribution >= 4 is 17.5 Å². The van der Waals surface area contributed by atoms with Gasteiger partial charge in [0.05, 0.1) is 17.7 Å². The molecule has 112 valence electrons. The summed E-state index contributed by atoms with van der Waals surface area (Å²) in [6.45, 7) is 6.06. The lowest BCUT2D eigenvalue weighted by atomic mass is 10.3. The molecule has 2 aromatic heterocycles. The summed E-state index contributed by atoms with van der Waals surface area (Å²) in [6.07, 6.45) is 1.58. The molecule has 0 aromatic carbocycles. The Labute approximate surface area is 121 Å². The van der Waals surface area contributed by atoms with Crippen molar-refractivity contribution in [1.29, 1.82) is 0 Å². The first-order valence-electron chi connectivity index (χ1n) is 6.43. The van der Waals surface area contributed by atoms with Gasteiger partial charge in [-0.15, -0.1) is 0 Å². The van der Waals surface area contributed by atoms with E-state index in [0.29, 0.717) is 24.1 Å². The van der Waals surface area contributed by atoms with Crippen LogP contribution >= 0.6 is 0 Å². The van der Waals surface area contributed by atoms with Crippen LogP contribution in [0.3, 0.4) is 0 Å². The first-order valence-corrected chi connectivity index (χ1v) is 6.43. The number of nitrogens with one attached hydrogen (secondary N) is 2. The van der Waals surface area contributed by atoms with E-state index in [1.54, 1.807) is 20.0 Å². The topological polar surface area (TPSA) is 119 Å². The summed E-state index contributed by atoms with van der Waals surface area (Å²) in [5, 5.41) is 17.0. The molecule has 9 nitrogen and oxygen atoms in total. The smallest absolute Gasteiger partial charge is 0.332 e. The normalized spacial score (nSPS) is 10.4. The Kier molecular flexibility index (Phi) is 4.31. The van der Waals surface area contributed by atoms with E-state index in [2.05, 4.69) is 25.6 Å². The zero-order valence-electron chi connectivity index (χ0n) is 12.0. The largest absolute Gasteiger partial charge is 0.444 e. The van der Waals surface area contributed by atoms with Gasteiger partial charge in [0, 0.05) is 6.54 Å². The van der Waals surface area contributed by atoms with Crippen molar-refractivity contribution in [2.45, 2.75) is 27.3 Å². The fourth-order valence-corrected chi connectivity index (χ4v) is 1.79. The number of anilines is 2. The third-order valence-electron chi connectivity index (χ3n) is 2.65. The summed E-state index contributed by atoms with van der Waals surface area (Å²) in [6, 6.07) is 0. The molecule has 0 aliphatic heterocycles. The van der Waals surface area contributed by atoms with E-state index in [1.165, 1.54) is 0 Å². The van der Waals surface area contributed by atoms with Gasteiger partial charge in [0.15, 0.2) is 0 Å². The highest BCUT2D eigenvalue weighted by atomic mass is 16.6. The highest BCUT2D eigenvalue weighted by Crippen LogP contribution is 2.26. The summed E-state index contributed by atoms with van der Waals surface area (Å²) in [4.78, 5) is 22.9. The summed E-state index contributed by atoms with van der Waals surface area (Å²) in [5.74, 6) is 1.59. The molecule has 2 heterocycles. The Bertz CT molecular complexity index is 654. The second-order valence-electron chi connectivity index (χ2n) is 4.34. The molecule has 9 heteroatoms. The zero-order chi connectivity index (χ0) is 15.4. The Morgan fingerprint density at radius 3 is 2.67 bits per heavy atom. The van der Waals surface area contributed by atoms with Gasteiger partial charge in [-0.3, -0.25) is 10.1 Å². The molecule has 0 aliphatic rings. The maximum Gasteiger partial charge on any atom is 0.332 e. The van der Waals surface area contributed by atoms with E-state index >= 15 is 0 Å². The number of nitrogens with zero attached hydrogens (tertiary/aromatic N) is 4. The summed E-state index contributed by atoms with van der Waals surface area (Å²) in [7, 11) is 0. The average molecular weight is 292 g/mol. The van der Waals surface area contributed by atoms with Crippen molar-refractivity contribution in [1.82, 2.24) is 15.0 Å². The van der Waals surface area contributed by atoms with E-state index < -0.39 is 4.92 Å². The van der Waals surface area contributed by atoms with E-state index in [4.69, 9.17) is 4.42 Å². The van der Waals surface area contributed by atoms with Crippen LogP contribution in [-0.4, -0.2) is 26.4 Å². The number of aromatic nitrogens is 3. The zero-order valence-corrected chi connectivity index (χ0v) is 12.0. The number of hydrogen-bond donors (Lipinski definition) is 2. The lowest BCUT2D eigenvalue weighted by Crippen LogP contribution is -2.11. The van der Waals surface area contributed by atoms with Gasteiger partial charge < -0.3 is 15.1 Å². The third kappa shape index (κ3) is 3.44. The van der Waals surface area contributed by atoms with Crippen molar-refractivity contribution in [2.75, 3.05) is 17.2 Å². The van der Waals surface area contributed by atoms with Crippen LogP contribution in [0.25, 0.3) is 0 Å². The van der Waals surface area contributed by atoms with Crippen molar-refractivity contribution in [3.05, 3.63) is 33.7 Å². The molecule has 2 N–H and O–H groups in total. The molecule has 0 atom stereocenters.